The van der Waals surface area contributed by atoms with Crippen LogP contribution in [0.25, 0.3) is 0 Å². The molecule has 0 aliphatic rings. The normalized spacial score (nSPS) is 11.2. The Bertz CT molecular complexity index is 488. The summed E-state index contributed by atoms with van der Waals surface area (Å²) in [4.78, 5) is 11.1. The molecule has 0 aromatic heterocycles. The van der Waals surface area contributed by atoms with Crippen LogP contribution in [0.3, 0.4) is 0 Å². The Kier molecular flexibility index (Phi) is 5.34. The molecule has 0 atom stereocenters. The number of Topliss-reactive ketones (excluding diaryl/α,β-unsaturated/α-hetero) is 1. The van der Waals surface area contributed by atoms with Gasteiger partial charge in [0.25, 0.3) is 0 Å². The van der Waals surface area contributed by atoms with Crippen LogP contribution in [0.15, 0.2) is 24.3 Å². The summed E-state index contributed by atoms with van der Waals surface area (Å²) in [5, 5.41) is 0. The summed E-state index contributed by atoms with van der Waals surface area (Å²) in [6.45, 7) is 3.50. The Morgan fingerprint density at radius 2 is 1.83 bits per heavy atom. The molecule has 0 aliphatic heterocycles. The van der Waals surface area contributed by atoms with Crippen LogP contribution in [0.4, 0.5) is 0 Å². The van der Waals surface area contributed by atoms with E-state index in [9.17, 15) is 13.2 Å². The van der Waals surface area contributed by atoms with Crippen molar-refractivity contribution in [3.8, 4) is 5.75 Å². The zero-order valence-electron chi connectivity index (χ0n) is 10.7. The van der Waals surface area contributed by atoms with Gasteiger partial charge in [-0.15, -0.1) is 0 Å². The molecule has 0 fully saturated rings. The summed E-state index contributed by atoms with van der Waals surface area (Å²) in [6.07, 6.45) is 0.477. The molecule has 0 bridgehead atoms. The molecule has 0 unspecified atom stereocenters. The third-order valence-electron chi connectivity index (χ3n) is 2.57. The minimum atomic E-state index is -2.92. The Hall–Kier alpha value is -1.36. The molecule has 0 radical (unpaired) electrons. The van der Waals surface area contributed by atoms with Gasteiger partial charge in [-0.05, 0) is 37.6 Å². The lowest BCUT2D eigenvalue weighted by Crippen LogP contribution is -2.11. The monoisotopic (exact) mass is 270 g/mol. The van der Waals surface area contributed by atoms with E-state index in [4.69, 9.17) is 4.74 Å². The molecule has 18 heavy (non-hydrogen) atoms. The van der Waals surface area contributed by atoms with Crippen molar-refractivity contribution < 1.29 is 17.9 Å². The average Bonchev–Trinajstić information content (AvgIpc) is 2.35. The molecule has 0 saturated heterocycles. The van der Waals surface area contributed by atoms with Crippen molar-refractivity contribution in [3.63, 3.8) is 0 Å². The second-order valence-electron chi connectivity index (χ2n) is 4.02. The topological polar surface area (TPSA) is 60.4 Å². The first-order valence-corrected chi connectivity index (χ1v) is 7.71. The van der Waals surface area contributed by atoms with Gasteiger partial charge in [0.15, 0.2) is 5.78 Å². The fraction of sp³-hybridized carbons (Fsp3) is 0.462. The van der Waals surface area contributed by atoms with Crippen molar-refractivity contribution in [1.29, 1.82) is 0 Å². The number of ketones is 1. The maximum absolute atomic E-state index is 11.2. The van der Waals surface area contributed by atoms with Crippen LogP contribution in [-0.2, 0) is 9.84 Å². The number of benzene rings is 1. The summed E-state index contributed by atoms with van der Waals surface area (Å²) >= 11 is 0. The first-order valence-electron chi connectivity index (χ1n) is 5.89. The molecule has 0 heterocycles. The Balaban J connectivity index is 2.38. The smallest absolute Gasteiger partial charge is 0.159 e. The van der Waals surface area contributed by atoms with E-state index in [0.717, 1.165) is 0 Å². The van der Waals surface area contributed by atoms with Gasteiger partial charge < -0.3 is 4.74 Å². The number of rotatable bonds is 7. The maximum atomic E-state index is 11.2. The molecular formula is C13H18O4S. The van der Waals surface area contributed by atoms with Gasteiger partial charge in [-0.1, -0.05) is 6.92 Å². The average molecular weight is 270 g/mol. The van der Waals surface area contributed by atoms with Crippen molar-refractivity contribution in [2.24, 2.45) is 0 Å². The van der Waals surface area contributed by atoms with Crippen LogP contribution in [0, 0.1) is 0 Å². The Morgan fingerprint density at radius 1 is 1.22 bits per heavy atom. The minimum absolute atomic E-state index is 0.00980. The van der Waals surface area contributed by atoms with Gasteiger partial charge in [0.2, 0.25) is 0 Å². The van der Waals surface area contributed by atoms with E-state index < -0.39 is 9.84 Å². The van der Waals surface area contributed by atoms with Gasteiger partial charge in [0, 0.05) is 11.3 Å². The fourth-order valence-electron chi connectivity index (χ4n) is 1.40. The molecule has 1 rings (SSSR count). The standard InChI is InChI=1S/C13H18O4S/c1-3-18(15,16)10-4-9-17-13-7-5-12(6-8-13)11(2)14/h5-8H,3-4,9-10H2,1-2H3. The number of sulfone groups is 1. The van der Waals surface area contributed by atoms with E-state index in [1.165, 1.54) is 6.92 Å². The summed E-state index contributed by atoms with van der Waals surface area (Å²) in [7, 11) is -2.92. The lowest BCUT2D eigenvalue weighted by atomic mass is 10.1. The van der Waals surface area contributed by atoms with Crippen molar-refractivity contribution >= 4 is 15.6 Å². The first kappa shape index (κ1) is 14.7. The van der Waals surface area contributed by atoms with Gasteiger partial charge in [-0.25, -0.2) is 8.42 Å². The Morgan fingerprint density at radius 3 is 2.33 bits per heavy atom. The lowest BCUT2D eigenvalue weighted by Gasteiger charge is -2.06. The highest BCUT2D eigenvalue weighted by molar-refractivity contribution is 7.91. The second-order valence-corrected chi connectivity index (χ2v) is 6.49. The van der Waals surface area contributed by atoms with Gasteiger partial charge in [-0.3, -0.25) is 4.79 Å². The highest BCUT2D eigenvalue weighted by Gasteiger charge is 2.06. The number of ether oxygens (including phenoxy) is 1. The second kappa shape index (κ2) is 6.54. The van der Waals surface area contributed by atoms with Crippen molar-refractivity contribution in [1.82, 2.24) is 0 Å². The highest BCUT2D eigenvalue weighted by Crippen LogP contribution is 2.12. The molecule has 100 valence electrons. The highest BCUT2D eigenvalue weighted by atomic mass is 32.2. The fourth-order valence-corrected chi connectivity index (χ4v) is 2.25. The van der Waals surface area contributed by atoms with Crippen molar-refractivity contribution in [2.75, 3.05) is 18.1 Å². The van der Waals surface area contributed by atoms with E-state index >= 15 is 0 Å². The minimum Gasteiger partial charge on any atom is -0.494 e. The maximum Gasteiger partial charge on any atom is 0.159 e. The predicted octanol–water partition coefficient (Wildman–Crippen LogP) is 2.09. The summed E-state index contributed by atoms with van der Waals surface area (Å²) in [6, 6.07) is 6.82. The largest absolute Gasteiger partial charge is 0.494 e. The summed E-state index contributed by atoms with van der Waals surface area (Å²) < 4.78 is 27.9. The molecule has 4 nitrogen and oxygen atoms in total. The molecule has 1 aromatic carbocycles. The Labute approximate surface area is 108 Å². The molecule has 0 N–H and O–H groups in total. The quantitative estimate of drug-likeness (QED) is 0.562. The van der Waals surface area contributed by atoms with Crippen LogP contribution < -0.4 is 4.74 Å². The summed E-state index contributed by atoms with van der Waals surface area (Å²) in [5.74, 6) is 0.972. The first-order chi connectivity index (χ1) is 8.44. The molecule has 0 aliphatic carbocycles. The van der Waals surface area contributed by atoms with E-state index in [1.807, 2.05) is 0 Å². The molecule has 5 heteroatoms. The third kappa shape index (κ3) is 4.87. The molecular weight excluding hydrogens is 252 g/mol. The SMILES string of the molecule is CCS(=O)(=O)CCCOc1ccc(C(C)=O)cc1. The van der Waals surface area contributed by atoms with Crippen molar-refractivity contribution in [2.45, 2.75) is 20.3 Å². The van der Waals surface area contributed by atoms with Crippen LogP contribution in [-0.4, -0.2) is 32.3 Å². The van der Waals surface area contributed by atoms with Gasteiger partial charge >= 0.3 is 0 Å². The van der Waals surface area contributed by atoms with Crippen LogP contribution >= 0.6 is 0 Å². The molecule has 0 amide bonds. The number of hydrogen-bond acceptors (Lipinski definition) is 4. The van der Waals surface area contributed by atoms with Crippen LogP contribution in [0.1, 0.15) is 30.6 Å². The van der Waals surface area contributed by atoms with Crippen LogP contribution in [0.2, 0.25) is 0 Å². The number of carbonyl (C=O) groups is 1. The zero-order valence-corrected chi connectivity index (χ0v) is 11.5. The molecule has 0 saturated carbocycles. The number of carbonyl (C=O) groups excluding carboxylic acids is 1. The lowest BCUT2D eigenvalue weighted by molar-refractivity contribution is 0.101. The van der Waals surface area contributed by atoms with Gasteiger partial charge in [-0.2, -0.15) is 0 Å². The van der Waals surface area contributed by atoms with E-state index in [0.29, 0.717) is 24.3 Å². The third-order valence-corrected chi connectivity index (χ3v) is 4.36. The van der Waals surface area contributed by atoms with Crippen molar-refractivity contribution in [3.05, 3.63) is 29.8 Å². The number of hydrogen-bond donors (Lipinski definition) is 0. The molecule has 1 aromatic rings. The molecule has 0 spiro atoms. The predicted molar refractivity (Wildman–Crippen MR) is 70.9 cm³/mol. The van der Waals surface area contributed by atoms with Gasteiger partial charge in [0.1, 0.15) is 15.6 Å². The zero-order chi connectivity index (χ0) is 13.6. The summed E-state index contributed by atoms with van der Waals surface area (Å²) in [5.41, 5.74) is 0.635. The van der Waals surface area contributed by atoms with E-state index in [1.54, 1.807) is 31.2 Å². The van der Waals surface area contributed by atoms with Gasteiger partial charge in [0.05, 0.1) is 12.4 Å². The van der Waals surface area contributed by atoms with E-state index in [-0.39, 0.29) is 17.3 Å². The van der Waals surface area contributed by atoms with E-state index in [2.05, 4.69) is 0 Å². The van der Waals surface area contributed by atoms with Crippen LogP contribution in [0.5, 0.6) is 5.75 Å².